The highest BCUT2D eigenvalue weighted by molar-refractivity contribution is 7.99. The van der Waals surface area contributed by atoms with Gasteiger partial charge in [0.2, 0.25) is 6.54 Å². The average molecular weight is 220 g/mol. The predicted octanol–water partition coefficient (Wildman–Crippen LogP) is 0.288. The van der Waals surface area contributed by atoms with Crippen molar-refractivity contribution >= 4 is 24.4 Å². The Morgan fingerprint density at radius 2 is 2.29 bits per heavy atom. The van der Waals surface area contributed by atoms with Gasteiger partial charge >= 0.3 is 5.97 Å². The lowest BCUT2D eigenvalue weighted by molar-refractivity contribution is -0.517. The van der Waals surface area contributed by atoms with Crippen LogP contribution < -0.4 is 0 Å². The molecule has 0 aliphatic rings. The van der Waals surface area contributed by atoms with E-state index in [2.05, 4.69) is 13.6 Å². The van der Waals surface area contributed by atoms with Crippen LogP contribution in [0.3, 0.4) is 0 Å². The first-order valence-electron chi connectivity index (χ1n) is 4.59. The topological polar surface area (TPSA) is 60.5 Å². The molecule has 1 atom stereocenters. The second-order valence-electron chi connectivity index (χ2n) is 3.13. The fourth-order valence-corrected chi connectivity index (χ4v) is 1.80. The molecule has 0 aromatic carbocycles. The maximum Gasteiger partial charge on any atom is 0.369 e. The molecule has 0 aromatic rings. The number of nitrogens with zero attached hydrogens (tertiary/aromatic N) is 1. The van der Waals surface area contributed by atoms with E-state index >= 15 is 0 Å². The molecule has 0 amide bonds. The van der Waals surface area contributed by atoms with Gasteiger partial charge in [0, 0.05) is 5.75 Å². The molecular formula is C9H18NO3S+. The summed E-state index contributed by atoms with van der Waals surface area (Å²) in [5.74, 6) is 0.737. The third kappa shape index (κ3) is 8.07. The minimum absolute atomic E-state index is 0.129. The van der Waals surface area contributed by atoms with Gasteiger partial charge in [-0.15, -0.1) is 0 Å². The Morgan fingerprint density at radius 1 is 1.64 bits per heavy atom. The lowest BCUT2D eigenvalue weighted by Gasteiger charge is -2.07. The summed E-state index contributed by atoms with van der Waals surface area (Å²) in [6.07, 6.45) is 0.587. The number of hydrogen-bond donors (Lipinski definition) is 2. The van der Waals surface area contributed by atoms with E-state index in [1.165, 1.54) is 4.58 Å². The third-order valence-corrected chi connectivity index (χ3v) is 2.80. The quantitative estimate of drug-likeness (QED) is 0.350. The van der Waals surface area contributed by atoms with Crippen molar-refractivity contribution in [2.45, 2.75) is 19.4 Å². The van der Waals surface area contributed by atoms with Gasteiger partial charge in [-0.05, 0) is 12.2 Å². The van der Waals surface area contributed by atoms with Crippen molar-refractivity contribution in [2.75, 3.05) is 24.6 Å². The Kier molecular flexibility index (Phi) is 7.51. The van der Waals surface area contributed by atoms with Crippen LogP contribution in [-0.4, -0.2) is 58.2 Å². The number of carboxylic acid groups (broad SMARTS) is 1. The zero-order valence-corrected chi connectivity index (χ0v) is 9.29. The molecule has 5 heteroatoms. The number of thioether (sulfide) groups is 1. The molecule has 4 nitrogen and oxygen atoms in total. The molecule has 0 heterocycles. The standard InChI is InChI=1S/C9H17NO3S/c1-3-4-14-7-8(11)5-10(2)6-9(12)13/h8,11H,2-7H2,1H3/p+1. The van der Waals surface area contributed by atoms with E-state index in [0.717, 1.165) is 12.2 Å². The Balaban J connectivity index is 3.55. The van der Waals surface area contributed by atoms with Crippen molar-refractivity contribution in [2.24, 2.45) is 0 Å². The van der Waals surface area contributed by atoms with Crippen molar-refractivity contribution in [3.8, 4) is 0 Å². The first-order valence-corrected chi connectivity index (χ1v) is 5.74. The van der Waals surface area contributed by atoms with Crippen molar-refractivity contribution in [1.29, 1.82) is 0 Å². The summed E-state index contributed by atoms with van der Waals surface area (Å²) in [6.45, 7) is 5.79. The van der Waals surface area contributed by atoms with Gasteiger partial charge < -0.3 is 10.2 Å². The number of aliphatic hydroxyl groups excluding tert-OH is 1. The van der Waals surface area contributed by atoms with Crippen LogP contribution in [0.25, 0.3) is 0 Å². The number of hydrogen-bond acceptors (Lipinski definition) is 3. The molecule has 0 saturated heterocycles. The maximum absolute atomic E-state index is 10.3. The van der Waals surface area contributed by atoms with Gasteiger partial charge in [-0.3, -0.25) is 0 Å². The van der Waals surface area contributed by atoms with Gasteiger partial charge in [0.25, 0.3) is 0 Å². The van der Waals surface area contributed by atoms with E-state index in [1.807, 2.05) is 0 Å². The van der Waals surface area contributed by atoms with Crippen LogP contribution in [0.2, 0.25) is 0 Å². The summed E-state index contributed by atoms with van der Waals surface area (Å²) in [6, 6.07) is 0. The van der Waals surface area contributed by atoms with Crippen LogP contribution in [0.15, 0.2) is 0 Å². The second kappa shape index (κ2) is 7.82. The first kappa shape index (κ1) is 13.4. The monoisotopic (exact) mass is 220 g/mol. The van der Waals surface area contributed by atoms with Gasteiger partial charge in [-0.1, -0.05) is 6.92 Å². The summed E-state index contributed by atoms with van der Waals surface area (Å²) in [4.78, 5) is 10.3. The molecule has 1 unspecified atom stereocenters. The molecule has 0 saturated carbocycles. The molecule has 82 valence electrons. The van der Waals surface area contributed by atoms with Gasteiger partial charge in [-0.2, -0.15) is 11.8 Å². The van der Waals surface area contributed by atoms with Crippen molar-refractivity contribution in [1.82, 2.24) is 0 Å². The summed E-state index contributed by atoms with van der Waals surface area (Å²) in [7, 11) is 0. The summed E-state index contributed by atoms with van der Waals surface area (Å²) >= 11 is 1.67. The minimum atomic E-state index is -0.923. The highest BCUT2D eigenvalue weighted by atomic mass is 32.2. The van der Waals surface area contributed by atoms with Crippen LogP contribution in [0.4, 0.5) is 0 Å². The fraction of sp³-hybridized carbons (Fsp3) is 0.778. The number of carbonyl (C=O) groups is 1. The number of aliphatic hydroxyl groups is 1. The van der Waals surface area contributed by atoms with Crippen LogP contribution in [0.5, 0.6) is 0 Å². The van der Waals surface area contributed by atoms with Crippen molar-refractivity contribution in [3.63, 3.8) is 0 Å². The summed E-state index contributed by atoms with van der Waals surface area (Å²) in [5, 5.41) is 17.9. The third-order valence-electron chi connectivity index (χ3n) is 1.49. The Labute approximate surface area is 88.6 Å². The average Bonchev–Trinajstić information content (AvgIpc) is 2.02. The van der Waals surface area contributed by atoms with Gasteiger partial charge in [-0.25, -0.2) is 9.37 Å². The molecule has 14 heavy (non-hydrogen) atoms. The van der Waals surface area contributed by atoms with E-state index in [1.54, 1.807) is 11.8 Å². The lowest BCUT2D eigenvalue weighted by Crippen LogP contribution is -2.29. The molecule has 0 spiro atoms. The zero-order valence-electron chi connectivity index (χ0n) is 8.48. The Hall–Kier alpha value is -0.550. The molecule has 0 aliphatic heterocycles. The molecule has 0 radical (unpaired) electrons. The molecular weight excluding hydrogens is 202 g/mol. The van der Waals surface area contributed by atoms with Crippen LogP contribution in [0.1, 0.15) is 13.3 Å². The fourth-order valence-electron chi connectivity index (χ4n) is 0.970. The van der Waals surface area contributed by atoms with Gasteiger partial charge in [0.15, 0.2) is 6.54 Å². The van der Waals surface area contributed by atoms with E-state index in [4.69, 9.17) is 5.11 Å². The zero-order chi connectivity index (χ0) is 11.0. The largest absolute Gasteiger partial charge is 0.477 e. The lowest BCUT2D eigenvalue weighted by atomic mass is 10.4. The molecule has 2 N–H and O–H groups in total. The second-order valence-corrected chi connectivity index (χ2v) is 4.28. The molecule has 0 aliphatic carbocycles. The number of rotatable bonds is 8. The first-order chi connectivity index (χ1) is 6.56. The summed E-state index contributed by atoms with van der Waals surface area (Å²) < 4.78 is 1.36. The Morgan fingerprint density at radius 3 is 2.79 bits per heavy atom. The molecule has 0 aromatic heterocycles. The normalized spacial score (nSPS) is 12.4. The van der Waals surface area contributed by atoms with Crippen LogP contribution in [0, 0.1) is 0 Å². The van der Waals surface area contributed by atoms with E-state index in [-0.39, 0.29) is 6.54 Å². The molecule has 0 bridgehead atoms. The van der Waals surface area contributed by atoms with Crippen molar-refractivity contribution in [3.05, 3.63) is 0 Å². The highest BCUT2D eigenvalue weighted by Crippen LogP contribution is 2.04. The van der Waals surface area contributed by atoms with Gasteiger partial charge in [0.1, 0.15) is 12.8 Å². The van der Waals surface area contributed by atoms with E-state index in [9.17, 15) is 9.90 Å². The van der Waals surface area contributed by atoms with Crippen molar-refractivity contribution < 1.29 is 19.6 Å². The minimum Gasteiger partial charge on any atom is -0.477 e. The molecule has 0 rings (SSSR count). The Bertz CT molecular complexity index is 196. The van der Waals surface area contributed by atoms with Crippen LogP contribution in [-0.2, 0) is 4.79 Å². The van der Waals surface area contributed by atoms with Gasteiger partial charge in [0.05, 0.1) is 0 Å². The SMILES string of the molecule is C=[N+](CC(=O)O)CC(O)CSCCC. The van der Waals surface area contributed by atoms with E-state index in [0.29, 0.717) is 12.3 Å². The highest BCUT2D eigenvalue weighted by Gasteiger charge is 2.13. The number of aliphatic carboxylic acids is 1. The van der Waals surface area contributed by atoms with Crippen LogP contribution >= 0.6 is 11.8 Å². The van der Waals surface area contributed by atoms with E-state index < -0.39 is 12.1 Å². The predicted molar refractivity (Wildman–Crippen MR) is 58.4 cm³/mol. The number of carboxylic acids is 1. The summed E-state index contributed by atoms with van der Waals surface area (Å²) in [5.41, 5.74) is 0. The molecule has 0 fully saturated rings. The maximum atomic E-state index is 10.3. The smallest absolute Gasteiger partial charge is 0.369 e.